The van der Waals surface area contributed by atoms with Crippen LogP contribution in [0.15, 0.2) is 85.3 Å². The molecule has 5 aromatic rings. The first kappa shape index (κ1) is 21.0. The number of carbonyl (C=O) groups is 2. The standard InChI is InChI=1S/C25H17FN6O2/c26-18-7-3-16(4-8-18)24(33)32-22-12-20-21(14-28-22)31-23(30-20)15-5-9-19(10-6-15)29-25(34)17-2-1-11-27-13-17/h1-14H,(H,29,34)(H,30,31)(H,28,32,33). The number of hydrogen-bond donors (Lipinski definition) is 3. The minimum Gasteiger partial charge on any atom is -0.337 e. The summed E-state index contributed by atoms with van der Waals surface area (Å²) < 4.78 is 13.1. The molecule has 0 saturated carbocycles. The molecule has 0 unspecified atom stereocenters. The SMILES string of the molecule is O=C(Nc1ccc(-c2nc3cc(NC(=O)c4ccc(F)cc4)ncc3[nH]2)cc1)c1cccnc1. The highest BCUT2D eigenvalue weighted by molar-refractivity contribution is 6.05. The number of aromatic amines is 1. The van der Waals surface area contributed by atoms with Crippen molar-refractivity contribution in [1.82, 2.24) is 19.9 Å². The molecule has 8 nitrogen and oxygen atoms in total. The third kappa shape index (κ3) is 4.49. The number of nitrogens with zero attached hydrogens (tertiary/aromatic N) is 3. The van der Waals surface area contributed by atoms with Gasteiger partial charge in [-0.25, -0.2) is 14.4 Å². The first-order chi connectivity index (χ1) is 16.5. The second kappa shape index (κ2) is 8.91. The minimum atomic E-state index is -0.413. The Morgan fingerprint density at radius 2 is 1.62 bits per heavy atom. The van der Waals surface area contributed by atoms with Gasteiger partial charge in [-0.1, -0.05) is 0 Å². The second-order valence-electron chi connectivity index (χ2n) is 7.41. The van der Waals surface area contributed by atoms with Gasteiger partial charge in [-0.15, -0.1) is 0 Å². The van der Waals surface area contributed by atoms with Gasteiger partial charge in [0.15, 0.2) is 0 Å². The summed E-state index contributed by atoms with van der Waals surface area (Å²) in [5, 5.41) is 5.51. The molecule has 5 rings (SSSR count). The maximum atomic E-state index is 13.1. The van der Waals surface area contributed by atoms with Crippen LogP contribution in [0.1, 0.15) is 20.7 Å². The summed E-state index contributed by atoms with van der Waals surface area (Å²) in [6, 6.07) is 17.5. The van der Waals surface area contributed by atoms with Gasteiger partial charge in [-0.2, -0.15) is 0 Å². The van der Waals surface area contributed by atoms with Gasteiger partial charge in [-0.05, 0) is 60.7 Å². The predicted molar refractivity (Wildman–Crippen MR) is 126 cm³/mol. The first-order valence-electron chi connectivity index (χ1n) is 10.3. The highest BCUT2D eigenvalue weighted by atomic mass is 19.1. The summed E-state index contributed by atoms with van der Waals surface area (Å²) in [5.41, 5.74) is 3.56. The van der Waals surface area contributed by atoms with Gasteiger partial charge < -0.3 is 15.6 Å². The number of pyridine rings is 2. The van der Waals surface area contributed by atoms with E-state index in [4.69, 9.17) is 0 Å². The molecule has 0 aliphatic carbocycles. The van der Waals surface area contributed by atoms with Crippen LogP contribution in [0.2, 0.25) is 0 Å². The molecule has 0 fully saturated rings. The fraction of sp³-hybridized carbons (Fsp3) is 0. The number of hydrogen-bond acceptors (Lipinski definition) is 5. The summed E-state index contributed by atoms with van der Waals surface area (Å²) >= 11 is 0. The molecular weight excluding hydrogens is 435 g/mol. The van der Waals surface area contributed by atoms with Crippen molar-refractivity contribution < 1.29 is 14.0 Å². The number of carbonyl (C=O) groups excluding carboxylic acids is 2. The zero-order chi connectivity index (χ0) is 23.5. The number of aromatic nitrogens is 4. The molecule has 3 aromatic heterocycles. The number of benzene rings is 2. The van der Waals surface area contributed by atoms with Gasteiger partial charge in [0.25, 0.3) is 11.8 Å². The van der Waals surface area contributed by atoms with Gasteiger partial charge in [0.2, 0.25) is 0 Å². The van der Waals surface area contributed by atoms with E-state index in [2.05, 4.69) is 30.6 Å². The van der Waals surface area contributed by atoms with Crippen LogP contribution in [-0.4, -0.2) is 31.8 Å². The van der Waals surface area contributed by atoms with Crippen molar-refractivity contribution in [3.63, 3.8) is 0 Å². The monoisotopic (exact) mass is 452 g/mol. The van der Waals surface area contributed by atoms with E-state index in [9.17, 15) is 14.0 Å². The van der Waals surface area contributed by atoms with E-state index in [1.807, 2.05) is 12.1 Å². The third-order valence-electron chi connectivity index (χ3n) is 5.06. The maximum Gasteiger partial charge on any atom is 0.257 e. The quantitative estimate of drug-likeness (QED) is 0.359. The lowest BCUT2D eigenvalue weighted by atomic mass is 10.2. The minimum absolute atomic E-state index is 0.245. The molecule has 34 heavy (non-hydrogen) atoms. The summed E-state index contributed by atoms with van der Waals surface area (Å²) in [6.45, 7) is 0. The van der Waals surface area contributed by atoms with Crippen molar-refractivity contribution >= 4 is 34.4 Å². The van der Waals surface area contributed by atoms with Gasteiger partial charge in [-0.3, -0.25) is 14.6 Å². The largest absolute Gasteiger partial charge is 0.337 e. The molecule has 2 amide bonds. The Morgan fingerprint density at radius 1 is 0.853 bits per heavy atom. The summed E-state index contributed by atoms with van der Waals surface area (Å²) in [7, 11) is 0. The van der Waals surface area contributed by atoms with Crippen molar-refractivity contribution in [3.8, 4) is 11.4 Å². The van der Waals surface area contributed by atoms with E-state index >= 15 is 0 Å². The van der Waals surface area contributed by atoms with Crippen LogP contribution in [0, 0.1) is 5.82 Å². The zero-order valence-electron chi connectivity index (χ0n) is 17.6. The molecule has 3 heterocycles. The van der Waals surface area contributed by atoms with Crippen molar-refractivity contribution in [2.75, 3.05) is 10.6 Å². The Morgan fingerprint density at radius 3 is 2.35 bits per heavy atom. The molecule has 9 heteroatoms. The van der Waals surface area contributed by atoms with Crippen molar-refractivity contribution in [2.45, 2.75) is 0 Å². The fourth-order valence-electron chi connectivity index (χ4n) is 3.32. The van der Waals surface area contributed by atoms with E-state index in [0.29, 0.717) is 39.5 Å². The third-order valence-corrected chi connectivity index (χ3v) is 5.06. The van der Waals surface area contributed by atoms with Crippen molar-refractivity contribution in [1.29, 1.82) is 0 Å². The number of nitrogens with one attached hydrogen (secondary N) is 3. The molecule has 0 spiro atoms. The first-order valence-corrected chi connectivity index (χ1v) is 10.3. The molecule has 2 aromatic carbocycles. The number of amides is 2. The molecule has 0 atom stereocenters. The Kier molecular flexibility index (Phi) is 5.49. The zero-order valence-corrected chi connectivity index (χ0v) is 17.6. The number of halogens is 1. The van der Waals surface area contributed by atoms with Crippen LogP contribution in [0.4, 0.5) is 15.9 Å². The number of imidazole rings is 1. The lowest BCUT2D eigenvalue weighted by Gasteiger charge is -2.05. The molecule has 0 aliphatic heterocycles. The van der Waals surface area contributed by atoms with E-state index in [1.165, 1.54) is 30.5 Å². The van der Waals surface area contributed by atoms with Crippen LogP contribution in [0.25, 0.3) is 22.4 Å². The highest BCUT2D eigenvalue weighted by Crippen LogP contribution is 2.23. The van der Waals surface area contributed by atoms with Crippen molar-refractivity contribution in [3.05, 3.63) is 102 Å². The van der Waals surface area contributed by atoms with Crippen LogP contribution in [0.5, 0.6) is 0 Å². The highest BCUT2D eigenvalue weighted by Gasteiger charge is 2.11. The Bertz CT molecular complexity index is 1480. The molecule has 3 N–H and O–H groups in total. The lowest BCUT2D eigenvalue weighted by molar-refractivity contribution is 0.101. The smallest absolute Gasteiger partial charge is 0.257 e. The molecular formula is C25H17FN6O2. The fourth-order valence-corrected chi connectivity index (χ4v) is 3.32. The topological polar surface area (TPSA) is 113 Å². The van der Waals surface area contributed by atoms with E-state index < -0.39 is 11.7 Å². The van der Waals surface area contributed by atoms with E-state index in [-0.39, 0.29) is 5.91 Å². The molecule has 166 valence electrons. The van der Waals surface area contributed by atoms with Gasteiger partial charge >= 0.3 is 0 Å². The van der Waals surface area contributed by atoms with Crippen LogP contribution in [0.3, 0.4) is 0 Å². The number of rotatable bonds is 5. The van der Waals surface area contributed by atoms with Gasteiger partial charge in [0, 0.05) is 35.3 Å². The molecule has 0 aliphatic rings. The second-order valence-corrected chi connectivity index (χ2v) is 7.41. The summed E-state index contributed by atoms with van der Waals surface area (Å²) in [4.78, 5) is 40.6. The Balaban J connectivity index is 1.31. The summed E-state index contributed by atoms with van der Waals surface area (Å²) in [5.74, 6) is -0.112. The molecule has 0 saturated heterocycles. The number of fused-ring (bicyclic) bond motifs is 1. The normalized spacial score (nSPS) is 10.7. The number of H-pyrrole nitrogens is 1. The average Bonchev–Trinajstić information content (AvgIpc) is 3.29. The van der Waals surface area contributed by atoms with Crippen LogP contribution in [-0.2, 0) is 0 Å². The average molecular weight is 452 g/mol. The van der Waals surface area contributed by atoms with Crippen molar-refractivity contribution in [2.24, 2.45) is 0 Å². The Hall–Kier alpha value is -4.92. The molecule has 0 bridgehead atoms. The van der Waals surface area contributed by atoms with Gasteiger partial charge in [0.1, 0.15) is 17.5 Å². The van der Waals surface area contributed by atoms with Crippen LogP contribution >= 0.6 is 0 Å². The predicted octanol–water partition coefficient (Wildman–Crippen LogP) is 4.66. The van der Waals surface area contributed by atoms with Gasteiger partial charge in [0.05, 0.1) is 22.8 Å². The molecule has 0 radical (unpaired) electrons. The van der Waals surface area contributed by atoms with E-state index in [1.54, 1.807) is 42.7 Å². The van der Waals surface area contributed by atoms with E-state index in [0.717, 1.165) is 5.56 Å². The number of anilines is 2. The van der Waals surface area contributed by atoms with Crippen LogP contribution < -0.4 is 10.6 Å². The maximum absolute atomic E-state index is 13.1. The Labute approximate surface area is 192 Å². The lowest BCUT2D eigenvalue weighted by Crippen LogP contribution is -2.12. The summed E-state index contributed by atoms with van der Waals surface area (Å²) in [6.07, 6.45) is 4.69.